The van der Waals surface area contributed by atoms with Crippen LogP contribution in [-0.4, -0.2) is 40.0 Å². The van der Waals surface area contributed by atoms with E-state index in [2.05, 4.69) is 20.3 Å². The Morgan fingerprint density at radius 2 is 1.29 bits per heavy atom. The second kappa shape index (κ2) is 10.3. The van der Waals surface area contributed by atoms with Crippen LogP contribution in [0.3, 0.4) is 0 Å². The monoisotopic (exact) mass is 502 g/mol. The van der Waals surface area contributed by atoms with E-state index in [-0.39, 0.29) is 34.7 Å². The average molecular weight is 502 g/mol. The minimum Gasteiger partial charge on any atom is -0.374 e. The fourth-order valence-electron chi connectivity index (χ4n) is 3.67. The van der Waals surface area contributed by atoms with Gasteiger partial charge in [0.2, 0.25) is 0 Å². The van der Waals surface area contributed by atoms with E-state index >= 15 is 0 Å². The molecule has 2 N–H and O–H groups in total. The van der Waals surface area contributed by atoms with E-state index in [0.29, 0.717) is 5.57 Å². The molecule has 1 unspecified atom stereocenters. The first kappa shape index (κ1) is 23.8. The molecule has 8 bridgehead atoms. The number of aliphatic imine (C=N–C) groups is 2. The van der Waals surface area contributed by atoms with E-state index in [1.807, 2.05) is 66.7 Å². The number of aromatic nitrogens is 1. The summed E-state index contributed by atoms with van der Waals surface area (Å²) in [5.74, 6) is 1.78. The summed E-state index contributed by atoms with van der Waals surface area (Å²) in [4.78, 5) is 44.4. The Hall–Kier alpha value is -4.35. The molecule has 35 heavy (non-hydrogen) atoms. The van der Waals surface area contributed by atoms with Crippen LogP contribution in [0.1, 0.15) is 0 Å². The van der Waals surface area contributed by atoms with Crippen LogP contribution >= 0.6 is 0 Å². The van der Waals surface area contributed by atoms with Gasteiger partial charge in [0.1, 0.15) is 5.94 Å². The molecule has 0 fully saturated rings. The number of hydrogen-bond acceptors (Lipinski definition) is 6. The zero-order valence-electron chi connectivity index (χ0n) is 18.2. The van der Waals surface area contributed by atoms with Crippen molar-refractivity contribution in [2.24, 2.45) is 9.98 Å². The smallest absolute Gasteiger partial charge is 0.178 e. The molecule has 1 atom stereocenters. The molecule has 172 valence electrons. The summed E-state index contributed by atoms with van der Waals surface area (Å²) in [7, 11) is 0. The van der Waals surface area contributed by atoms with Crippen LogP contribution in [0.25, 0.3) is 12.2 Å². The van der Waals surface area contributed by atoms with Crippen LogP contribution < -0.4 is 16.0 Å². The molecule has 7 nitrogen and oxygen atoms in total. The molecule has 5 heterocycles. The minimum absolute atomic E-state index is 0. The number of ketones is 2. The summed E-state index contributed by atoms with van der Waals surface area (Å²) in [6, 6.07) is 3.79. The normalized spacial score (nSPS) is 20.6. The molecule has 4 aliphatic heterocycles. The number of nitrogens with zero attached hydrogens (tertiary/aromatic N) is 2. The number of carbonyl (C=O) groups is 2. The molecule has 5 aliphatic rings. The van der Waals surface area contributed by atoms with Crippen molar-refractivity contribution in [3.63, 3.8) is 0 Å². The maximum Gasteiger partial charge on any atom is 0.178 e. The second-order valence-corrected chi connectivity index (χ2v) is 7.81. The Kier molecular flexibility index (Phi) is 6.99. The third kappa shape index (κ3) is 5.78. The Labute approximate surface area is 211 Å². The predicted molar refractivity (Wildman–Crippen MR) is 131 cm³/mol. The van der Waals surface area contributed by atoms with Gasteiger partial charge in [-0.05, 0) is 91.1 Å². The van der Waals surface area contributed by atoms with Crippen molar-refractivity contribution in [2.45, 2.75) is 6.04 Å². The number of allylic oxidation sites excluding steroid dienone is 9. The van der Waals surface area contributed by atoms with Gasteiger partial charge >= 0.3 is 0 Å². The Bertz CT molecular complexity index is 1530. The molecule has 8 heteroatoms. The first-order valence-electron chi connectivity index (χ1n) is 10.6. The van der Waals surface area contributed by atoms with Crippen LogP contribution in [0.2, 0.25) is 0 Å². The zero-order chi connectivity index (χ0) is 23.5. The van der Waals surface area contributed by atoms with Gasteiger partial charge in [0.05, 0.1) is 34.4 Å². The molecule has 1 aromatic rings. The number of rotatable bonds is 0. The van der Waals surface area contributed by atoms with E-state index in [4.69, 9.17) is 0 Å². The van der Waals surface area contributed by atoms with Gasteiger partial charge in [-0.15, -0.1) is 0 Å². The fourth-order valence-corrected chi connectivity index (χ4v) is 3.67. The van der Waals surface area contributed by atoms with Gasteiger partial charge in [0.25, 0.3) is 0 Å². The Morgan fingerprint density at radius 1 is 0.714 bits per heavy atom. The van der Waals surface area contributed by atoms with E-state index < -0.39 is 0 Å². The molecule has 0 spiro atoms. The molecule has 0 radical (unpaired) electrons. The predicted octanol–water partition coefficient (Wildman–Crippen LogP) is 1.24. The maximum absolute atomic E-state index is 11.3. The standard InChI is InChI=1S/C21H14N4O.C6H4O2.Fe/c26-12-13-7-20-10-18-4-3-16(23-18)8-14-1-2-15(22-14)9-17-5-6-19(24-17)11-21(13)25-20;7-5-1-2-6(8)4-3-5;/h1-11,21-22,25H;1-4H;. The summed E-state index contributed by atoms with van der Waals surface area (Å²) < 4.78 is 0. The molecular weight excluding hydrogens is 484 g/mol. The molecule has 0 amide bonds. The van der Waals surface area contributed by atoms with Gasteiger partial charge in [-0.25, -0.2) is 14.8 Å². The topological polar surface area (TPSA) is 104 Å². The van der Waals surface area contributed by atoms with Gasteiger partial charge in [-0.3, -0.25) is 9.59 Å². The maximum atomic E-state index is 11.3. The number of fused-ring (bicyclic) bond motifs is 6. The molecule has 0 saturated heterocycles. The van der Waals surface area contributed by atoms with Gasteiger partial charge in [-0.1, -0.05) is 0 Å². The largest absolute Gasteiger partial charge is 0.374 e. The SMILES string of the molecule is O=C1C=CC(=O)C=C1.O=C=C1C=C2C=C3C=CC(=N3)C=c3ccc([nH]3)=CC3=NC(=CC1N2)C=C3.[Fe]. The summed E-state index contributed by atoms with van der Waals surface area (Å²) in [6.45, 7) is 0. The molecule has 0 saturated carbocycles. The molecule has 1 aromatic heterocycles. The zero-order valence-corrected chi connectivity index (χ0v) is 19.3. The number of hydrogen-bond donors (Lipinski definition) is 2. The third-order valence-corrected chi connectivity index (χ3v) is 5.25. The van der Waals surface area contributed by atoms with Crippen molar-refractivity contribution < 1.29 is 31.5 Å². The first-order valence-corrected chi connectivity index (χ1v) is 10.6. The molecule has 6 rings (SSSR count). The van der Waals surface area contributed by atoms with Crippen molar-refractivity contribution in [3.8, 4) is 0 Å². The number of nitrogens with one attached hydrogen (secondary N) is 2. The van der Waals surface area contributed by atoms with Crippen molar-refractivity contribution in [1.82, 2.24) is 10.3 Å². The fraction of sp³-hybridized carbons (Fsp3) is 0.0370. The van der Waals surface area contributed by atoms with Crippen LogP contribution in [0.4, 0.5) is 0 Å². The summed E-state index contributed by atoms with van der Waals surface area (Å²) >= 11 is 0. The summed E-state index contributed by atoms with van der Waals surface area (Å²) in [5, 5.41) is 5.27. The van der Waals surface area contributed by atoms with Crippen LogP contribution in [-0.2, 0) is 31.5 Å². The number of H-pyrrole nitrogens is 1. The number of carbonyl (C=O) groups excluding carboxylic acids is 3. The van der Waals surface area contributed by atoms with Crippen LogP contribution in [0, 0.1) is 0 Å². The van der Waals surface area contributed by atoms with Gasteiger partial charge in [-0.2, -0.15) is 0 Å². The van der Waals surface area contributed by atoms with Gasteiger partial charge in [0, 0.05) is 33.5 Å². The van der Waals surface area contributed by atoms with E-state index in [1.54, 1.807) is 6.08 Å². The van der Waals surface area contributed by atoms with Crippen molar-refractivity contribution in [1.29, 1.82) is 0 Å². The summed E-state index contributed by atoms with van der Waals surface area (Å²) in [5.41, 5.74) is 4.77. The van der Waals surface area contributed by atoms with Crippen molar-refractivity contribution in [2.75, 3.05) is 0 Å². The first-order chi connectivity index (χ1) is 16.5. The quantitative estimate of drug-likeness (QED) is 0.317. The second-order valence-electron chi connectivity index (χ2n) is 7.81. The van der Waals surface area contributed by atoms with Crippen molar-refractivity contribution >= 4 is 41.1 Å². The molecule has 0 aromatic carbocycles. The summed E-state index contributed by atoms with van der Waals surface area (Å²) in [6.07, 6.45) is 22.5. The number of aromatic amines is 1. The van der Waals surface area contributed by atoms with E-state index in [1.165, 1.54) is 24.3 Å². The Balaban J connectivity index is 0.000000276. The molecule has 1 aliphatic carbocycles. The van der Waals surface area contributed by atoms with Gasteiger partial charge in [0.15, 0.2) is 11.6 Å². The molecular formula is C27H18FeN4O3. The third-order valence-electron chi connectivity index (χ3n) is 5.25. The van der Waals surface area contributed by atoms with Crippen LogP contribution in [0.5, 0.6) is 0 Å². The minimum atomic E-state index is -0.243. The average Bonchev–Trinajstić information content (AvgIpc) is 3.61. The Morgan fingerprint density at radius 3 is 1.89 bits per heavy atom. The van der Waals surface area contributed by atoms with Crippen molar-refractivity contribution in [3.05, 3.63) is 112 Å². The van der Waals surface area contributed by atoms with E-state index in [0.717, 1.165) is 39.2 Å². The van der Waals surface area contributed by atoms with E-state index in [9.17, 15) is 14.4 Å². The van der Waals surface area contributed by atoms with Crippen LogP contribution in [0.15, 0.2) is 112 Å². The van der Waals surface area contributed by atoms with Gasteiger partial charge < -0.3 is 10.3 Å².